The molecule has 0 bridgehead atoms. The third-order valence-electron chi connectivity index (χ3n) is 4.37. The van der Waals surface area contributed by atoms with Crippen LogP contribution in [0.5, 0.6) is 0 Å². The van der Waals surface area contributed by atoms with Crippen molar-refractivity contribution < 1.29 is 27.5 Å². The van der Waals surface area contributed by atoms with E-state index in [-0.39, 0.29) is 10.6 Å². The van der Waals surface area contributed by atoms with Crippen LogP contribution < -0.4 is 5.32 Å². The van der Waals surface area contributed by atoms with Gasteiger partial charge in [0, 0.05) is 5.02 Å². The number of benzene rings is 3. The van der Waals surface area contributed by atoms with Gasteiger partial charge in [-0.05, 0) is 41.8 Å². The van der Waals surface area contributed by atoms with E-state index in [4.69, 9.17) is 16.3 Å². The van der Waals surface area contributed by atoms with E-state index >= 15 is 0 Å². The normalized spacial score (nSPS) is 11.1. The molecule has 0 saturated heterocycles. The average Bonchev–Trinajstić information content (AvgIpc) is 2.74. The van der Waals surface area contributed by atoms with Gasteiger partial charge in [0.25, 0.3) is 5.91 Å². The molecule has 0 aliphatic heterocycles. The van der Waals surface area contributed by atoms with E-state index in [1.807, 2.05) is 30.3 Å². The molecule has 0 unspecified atom stereocenters. The lowest BCUT2D eigenvalue weighted by atomic mass is 10.00. The second-order valence-corrected chi connectivity index (χ2v) is 7.07. The maximum atomic E-state index is 13.1. The zero-order valence-corrected chi connectivity index (χ0v) is 16.8. The Morgan fingerprint density at radius 1 is 0.935 bits per heavy atom. The second-order valence-electron chi connectivity index (χ2n) is 6.63. The zero-order valence-electron chi connectivity index (χ0n) is 16.1. The highest BCUT2D eigenvalue weighted by atomic mass is 35.5. The average molecular weight is 448 g/mol. The number of anilines is 1. The molecule has 31 heavy (non-hydrogen) atoms. The quantitative estimate of drug-likeness (QED) is 0.490. The molecular formula is C23H17ClF3NO3. The number of nitrogens with one attached hydrogen (secondary N) is 1. The molecule has 0 spiro atoms. The fraction of sp³-hybridized carbons (Fsp3) is 0.130. The third kappa shape index (κ3) is 6.08. The highest BCUT2D eigenvalue weighted by molar-refractivity contribution is 6.30. The number of carbonyl (C=O) groups excluding carboxylic acids is 2. The van der Waals surface area contributed by atoms with E-state index in [0.29, 0.717) is 18.1 Å². The maximum absolute atomic E-state index is 13.1. The molecule has 160 valence electrons. The van der Waals surface area contributed by atoms with Crippen molar-refractivity contribution in [3.8, 4) is 0 Å². The molecule has 0 heterocycles. The Morgan fingerprint density at radius 2 is 1.61 bits per heavy atom. The van der Waals surface area contributed by atoms with E-state index in [1.165, 1.54) is 6.07 Å². The molecule has 0 radical (unpaired) electrons. The first-order valence-corrected chi connectivity index (χ1v) is 9.57. The number of esters is 1. The second kappa shape index (κ2) is 9.66. The summed E-state index contributed by atoms with van der Waals surface area (Å²) in [7, 11) is 0. The number of ether oxygens (including phenoxy) is 1. The van der Waals surface area contributed by atoms with Crippen molar-refractivity contribution in [1.82, 2.24) is 0 Å². The lowest BCUT2D eigenvalue weighted by Crippen LogP contribution is -2.23. The SMILES string of the molecule is O=C(COC(=O)c1ccccc1Cc1ccccc1)Nc1ccc(Cl)cc1C(F)(F)F. The van der Waals surface area contributed by atoms with Crippen molar-refractivity contribution in [3.63, 3.8) is 0 Å². The summed E-state index contributed by atoms with van der Waals surface area (Å²) in [5, 5.41) is 1.99. The van der Waals surface area contributed by atoms with E-state index in [1.54, 1.807) is 24.3 Å². The standard InChI is InChI=1S/C23H17ClF3NO3/c24-17-10-11-20(19(13-17)23(25,26)27)28-21(29)14-31-22(30)18-9-5-4-8-16(18)12-15-6-2-1-3-7-15/h1-11,13H,12,14H2,(H,28,29). The first kappa shape index (κ1) is 22.4. The third-order valence-corrected chi connectivity index (χ3v) is 4.61. The Labute approximate surface area is 181 Å². The lowest BCUT2D eigenvalue weighted by molar-refractivity contribution is -0.137. The van der Waals surface area contributed by atoms with Crippen LogP contribution >= 0.6 is 11.6 Å². The van der Waals surface area contributed by atoms with Crippen molar-refractivity contribution >= 4 is 29.2 Å². The molecular weight excluding hydrogens is 431 g/mol. The first-order chi connectivity index (χ1) is 14.7. The minimum atomic E-state index is -4.71. The molecule has 0 atom stereocenters. The Balaban J connectivity index is 1.66. The van der Waals surface area contributed by atoms with Gasteiger partial charge in [0.1, 0.15) is 0 Å². The highest BCUT2D eigenvalue weighted by Crippen LogP contribution is 2.36. The van der Waals surface area contributed by atoms with Crippen molar-refractivity contribution in [2.75, 3.05) is 11.9 Å². The summed E-state index contributed by atoms with van der Waals surface area (Å²) in [6.45, 7) is -0.738. The summed E-state index contributed by atoms with van der Waals surface area (Å²) in [6, 6.07) is 19.2. The van der Waals surface area contributed by atoms with Gasteiger partial charge in [0.05, 0.1) is 16.8 Å². The topological polar surface area (TPSA) is 55.4 Å². The minimum absolute atomic E-state index is 0.119. The van der Waals surface area contributed by atoms with Crippen molar-refractivity contribution in [1.29, 1.82) is 0 Å². The number of hydrogen-bond donors (Lipinski definition) is 1. The van der Waals surface area contributed by atoms with E-state index in [0.717, 1.165) is 11.6 Å². The lowest BCUT2D eigenvalue weighted by Gasteiger charge is -2.14. The Morgan fingerprint density at radius 3 is 2.32 bits per heavy atom. The Bertz CT molecular complexity index is 1080. The number of halogens is 4. The maximum Gasteiger partial charge on any atom is 0.418 e. The van der Waals surface area contributed by atoms with E-state index < -0.39 is 35.9 Å². The fourth-order valence-electron chi connectivity index (χ4n) is 2.94. The molecule has 0 aliphatic carbocycles. The van der Waals surface area contributed by atoms with Gasteiger partial charge >= 0.3 is 12.1 Å². The molecule has 8 heteroatoms. The summed E-state index contributed by atoms with van der Waals surface area (Å²) in [6.07, 6.45) is -4.22. The summed E-state index contributed by atoms with van der Waals surface area (Å²) in [5.41, 5.74) is 0.413. The number of rotatable bonds is 6. The molecule has 0 saturated carbocycles. The molecule has 3 aromatic rings. The van der Waals surface area contributed by atoms with Gasteiger partial charge in [-0.2, -0.15) is 13.2 Å². The van der Waals surface area contributed by atoms with Crippen molar-refractivity contribution in [3.05, 3.63) is 100 Å². The van der Waals surface area contributed by atoms with Gasteiger partial charge in [-0.1, -0.05) is 60.1 Å². The fourth-order valence-corrected chi connectivity index (χ4v) is 3.12. The Kier molecular flexibility index (Phi) is 6.97. The molecule has 1 amide bonds. The van der Waals surface area contributed by atoms with Gasteiger partial charge in [0.2, 0.25) is 0 Å². The number of alkyl halides is 3. The van der Waals surface area contributed by atoms with Crippen molar-refractivity contribution in [2.45, 2.75) is 12.6 Å². The number of amides is 1. The summed E-state index contributed by atoms with van der Waals surface area (Å²) >= 11 is 5.62. The van der Waals surface area contributed by atoms with Crippen LogP contribution in [-0.4, -0.2) is 18.5 Å². The van der Waals surface area contributed by atoms with Crippen molar-refractivity contribution in [2.24, 2.45) is 0 Å². The van der Waals surface area contributed by atoms with Crippen LogP contribution in [0.4, 0.5) is 18.9 Å². The van der Waals surface area contributed by atoms with Crippen LogP contribution in [0.1, 0.15) is 27.0 Å². The summed E-state index contributed by atoms with van der Waals surface area (Å²) < 4.78 is 44.5. The van der Waals surface area contributed by atoms with E-state index in [2.05, 4.69) is 5.32 Å². The zero-order chi connectivity index (χ0) is 22.4. The molecule has 4 nitrogen and oxygen atoms in total. The van der Waals surface area contributed by atoms with Gasteiger partial charge in [-0.15, -0.1) is 0 Å². The van der Waals surface area contributed by atoms with Crippen LogP contribution in [0.2, 0.25) is 5.02 Å². The van der Waals surface area contributed by atoms with Gasteiger partial charge in [-0.25, -0.2) is 4.79 Å². The largest absolute Gasteiger partial charge is 0.452 e. The summed E-state index contributed by atoms with van der Waals surface area (Å²) in [5.74, 6) is -1.64. The monoisotopic (exact) mass is 447 g/mol. The smallest absolute Gasteiger partial charge is 0.418 e. The molecule has 1 N–H and O–H groups in total. The predicted octanol–water partition coefficient (Wildman–Crippen LogP) is 5.75. The molecule has 0 aromatic heterocycles. The van der Waals surface area contributed by atoms with Crippen LogP contribution in [0.25, 0.3) is 0 Å². The molecule has 3 aromatic carbocycles. The highest BCUT2D eigenvalue weighted by Gasteiger charge is 2.34. The van der Waals surface area contributed by atoms with Gasteiger partial charge in [-0.3, -0.25) is 4.79 Å². The van der Waals surface area contributed by atoms with Gasteiger partial charge < -0.3 is 10.1 Å². The van der Waals surface area contributed by atoms with Crippen LogP contribution in [0.15, 0.2) is 72.8 Å². The summed E-state index contributed by atoms with van der Waals surface area (Å²) in [4.78, 5) is 24.6. The van der Waals surface area contributed by atoms with Crippen LogP contribution in [0.3, 0.4) is 0 Å². The van der Waals surface area contributed by atoms with Crippen LogP contribution in [0, 0.1) is 0 Å². The van der Waals surface area contributed by atoms with E-state index in [9.17, 15) is 22.8 Å². The number of hydrogen-bond acceptors (Lipinski definition) is 3. The first-order valence-electron chi connectivity index (χ1n) is 9.19. The van der Waals surface area contributed by atoms with Gasteiger partial charge in [0.15, 0.2) is 6.61 Å². The minimum Gasteiger partial charge on any atom is -0.452 e. The predicted molar refractivity (Wildman–Crippen MR) is 111 cm³/mol. The Hall–Kier alpha value is -3.32. The molecule has 0 fully saturated rings. The van der Waals surface area contributed by atoms with Crippen LogP contribution in [-0.2, 0) is 22.1 Å². The molecule has 3 rings (SSSR count). The molecule has 0 aliphatic rings. The number of carbonyl (C=O) groups is 2.